The van der Waals surface area contributed by atoms with Gasteiger partial charge in [0.1, 0.15) is 5.01 Å². The largest absolute Gasteiger partial charge is 0.304 e. The lowest BCUT2D eigenvalue weighted by Gasteiger charge is -2.17. The number of rotatable bonds is 4. The second-order valence-corrected chi connectivity index (χ2v) is 7.72. The fourth-order valence-corrected chi connectivity index (χ4v) is 4.80. The predicted molar refractivity (Wildman–Crippen MR) is 93.4 cm³/mol. The molecule has 1 unspecified atom stereocenters. The number of benzene rings is 1. The highest BCUT2D eigenvalue weighted by molar-refractivity contribution is 9.10. The van der Waals surface area contributed by atoms with Crippen molar-refractivity contribution in [1.29, 1.82) is 0 Å². The van der Waals surface area contributed by atoms with Gasteiger partial charge in [0.2, 0.25) is 0 Å². The van der Waals surface area contributed by atoms with E-state index in [1.165, 1.54) is 29.8 Å². The number of aromatic nitrogens is 1. The van der Waals surface area contributed by atoms with Gasteiger partial charge in [0.15, 0.2) is 0 Å². The minimum atomic E-state index is 0.0891. The summed E-state index contributed by atoms with van der Waals surface area (Å²) in [6.07, 6.45) is 4.86. The van der Waals surface area contributed by atoms with Crippen molar-refractivity contribution in [2.75, 3.05) is 6.54 Å². The minimum absolute atomic E-state index is 0.0891. The van der Waals surface area contributed by atoms with Crippen LogP contribution < -0.4 is 5.32 Å². The van der Waals surface area contributed by atoms with Crippen LogP contribution in [0.15, 0.2) is 22.7 Å². The zero-order valence-electron chi connectivity index (χ0n) is 12.0. The Labute approximate surface area is 143 Å². The molecule has 112 valence electrons. The van der Waals surface area contributed by atoms with Crippen molar-refractivity contribution < 1.29 is 0 Å². The van der Waals surface area contributed by atoms with E-state index in [9.17, 15) is 0 Å². The molecule has 1 atom stereocenters. The highest BCUT2D eigenvalue weighted by Gasteiger charge is 2.23. The summed E-state index contributed by atoms with van der Waals surface area (Å²) in [5.74, 6) is 0. The number of aryl methyl sites for hydroxylation is 2. The van der Waals surface area contributed by atoms with Crippen LogP contribution >= 0.6 is 38.9 Å². The van der Waals surface area contributed by atoms with Crippen molar-refractivity contribution >= 4 is 38.9 Å². The minimum Gasteiger partial charge on any atom is -0.304 e. The van der Waals surface area contributed by atoms with Crippen LogP contribution in [-0.4, -0.2) is 11.5 Å². The molecule has 1 heterocycles. The lowest BCUT2D eigenvalue weighted by Crippen LogP contribution is -2.22. The summed E-state index contributed by atoms with van der Waals surface area (Å²) in [6, 6.07) is 6.17. The van der Waals surface area contributed by atoms with Crippen LogP contribution in [0, 0.1) is 0 Å². The third-order valence-electron chi connectivity index (χ3n) is 3.79. The first-order valence-corrected chi connectivity index (χ1v) is 9.34. The lowest BCUT2D eigenvalue weighted by atomic mass is 10.0. The van der Waals surface area contributed by atoms with Crippen molar-refractivity contribution in [3.63, 3.8) is 0 Å². The maximum atomic E-state index is 6.44. The van der Waals surface area contributed by atoms with Crippen molar-refractivity contribution in [3.8, 4) is 0 Å². The van der Waals surface area contributed by atoms with Crippen LogP contribution in [0.2, 0.25) is 5.02 Å². The van der Waals surface area contributed by atoms with E-state index in [0.29, 0.717) is 0 Å². The molecule has 0 aliphatic heterocycles. The summed E-state index contributed by atoms with van der Waals surface area (Å²) in [5.41, 5.74) is 2.41. The average Bonchev–Trinajstić information content (AvgIpc) is 2.89. The zero-order valence-corrected chi connectivity index (χ0v) is 15.1. The Morgan fingerprint density at radius 1 is 1.38 bits per heavy atom. The topological polar surface area (TPSA) is 24.9 Å². The second kappa shape index (κ2) is 6.78. The summed E-state index contributed by atoms with van der Waals surface area (Å²) < 4.78 is 1.00. The fraction of sp³-hybridized carbons (Fsp3) is 0.438. The van der Waals surface area contributed by atoms with E-state index in [0.717, 1.165) is 33.0 Å². The molecule has 1 aliphatic carbocycles. The van der Waals surface area contributed by atoms with Crippen LogP contribution in [0.3, 0.4) is 0 Å². The van der Waals surface area contributed by atoms with E-state index >= 15 is 0 Å². The standard InChI is InChI=1S/C16H18BrClN2S/c1-2-19-15(11-8-7-10(17)9-12(11)18)16-20-13-5-3-4-6-14(13)21-16/h7-9,15,19H,2-6H2,1H3. The van der Waals surface area contributed by atoms with Crippen molar-refractivity contribution in [2.24, 2.45) is 0 Å². The van der Waals surface area contributed by atoms with Gasteiger partial charge in [0.25, 0.3) is 0 Å². The van der Waals surface area contributed by atoms with Gasteiger partial charge in [-0.15, -0.1) is 11.3 Å². The Morgan fingerprint density at radius 3 is 2.90 bits per heavy atom. The van der Waals surface area contributed by atoms with Gasteiger partial charge in [0, 0.05) is 14.4 Å². The molecule has 0 fully saturated rings. The average molecular weight is 386 g/mol. The molecular weight excluding hydrogens is 368 g/mol. The SMILES string of the molecule is CCNC(c1nc2c(s1)CCCC2)c1ccc(Br)cc1Cl. The molecule has 2 nitrogen and oxygen atoms in total. The van der Waals surface area contributed by atoms with Crippen LogP contribution in [0.4, 0.5) is 0 Å². The van der Waals surface area contributed by atoms with Gasteiger partial charge in [-0.25, -0.2) is 4.98 Å². The fourth-order valence-electron chi connectivity index (χ4n) is 2.77. The maximum Gasteiger partial charge on any atom is 0.115 e. The first-order chi connectivity index (χ1) is 10.2. The van der Waals surface area contributed by atoms with Crippen molar-refractivity contribution in [1.82, 2.24) is 10.3 Å². The Kier molecular flexibility index (Phi) is 4.99. The molecule has 1 aromatic carbocycles. The Bertz CT molecular complexity index is 618. The summed E-state index contributed by atoms with van der Waals surface area (Å²) in [6.45, 7) is 3.01. The Hall–Kier alpha value is -0.420. The molecule has 1 N–H and O–H groups in total. The van der Waals surface area contributed by atoms with E-state index in [-0.39, 0.29) is 6.04 Å². The molecule has 21 heavy (non-hydrogen) atoms. The third kappa shape index (κ3) is 3.34. The normalized spacial score (nSPS) is 15.8. The van der Waals surface area contributed by atoms with Gasteiger partial charge in [0.05, 0.1) is 11.7 Å². The molecule has 1 aromatic heterocycles. The molecule has 0 radical (unpaired) electrons. The quantitative estimate of drug-likeness (QED) is 0.788. The summed E-state index contributed by atoms with van der Waals surface area (Å²) in [5, 5.41) is 5.46. The number of halogens is 2. The van der Waals surface area contributed by atoms with Crippen LogP contribution in [0.1, 0.15) is 46.9 Å². The molecule has 3 rings (SSSR count). The molecule has 1 aliphatic rings. The van der Waals surface area contributed by atoms with E-state index in [1.54, 1.807) is 0 Å². The van der Waals surface area contributed by atoms with E-state index < -0.39 is 0 Å². The number of hydrogen-bond acceptors (Lipinski definition) is 3. The first kappa shape index (κ1) is 15.5. The van der Waals surface area contributed by atoms with E-state index in [1.807, 2.05) is 23.5 Å². The maximum absolute atomic E-state index is 6.44. The highest BCUT2D eigenvalue weighted by atomic mass is 79.9. The zero-order chi connectivity index (χ0) is 14.8. The molecule has 0 saturated carbocycles. The molecule has 0 saturated heterocycles. The van der Waals surface area contributed by atoms with Crippen LogP contribution in [0.5, 0.6) is 0 Å². The van der Waals surface area contributed by atoms with Crippen LogP contribution in [0.25, 0.3) is 0 Å². The molecule has 0 bridgehead atoms. The van der Waals surface area contributed by atoms with E-state index in [4.69, 9.17) is 16.6 Å². The summed E-state index contributed by atoms with van der Waals surface area (Å²) in [4.78, 5) is 6.36. The molecule has 0 amide bonds. The Balaban J connectivity index is 1.99. The highest BCUT2D eigenvalue weighted by Crippen LogP contribution is 2.35. The van der Waals surface area contributed by atoms with Gasteiger partial charge in [-0.1, -0.05) is 40.5 Å². The predicted octanol–water partition coefficient (Wildman–Crippen LogP) is 5.14. The summed E-state index contributed by atoms with van der Waals surface area (Å²) >= 11 is 11.8. The first-order valence-electron chi connectivity index (χ1n) is 7.36. The lowest BCUT2D eigenvalue weighted by molar-refractivity contribution is 0.621. The molecule has 2 aromatic rings. The molecular formula is C16H18BrClN2S. The third-order valence-corrected chi connectivity index (χ3v) is 5.83. The number of nitrogens with zero attached hydrogens (tertiary/aromatic N) is 1. The number of nitrogens with one attached hydrogen (secondary N) is 1. The van der Waals surface area contributed by atoms with Crippen molar-refractivity contribution in [2.45, 2.75) is 38.6 Å². The molecule has 0 spiro atoms. The van der Waals surface area contributed by atoms with Gasteiger partial charge in [-0.2, -0.15) is 0 Å². The van der Waals surface area contributed by atoms with E-state index in [2.05, 4.69) is 34.2 Å². The van der Waals surface area contributed by atoms with Crippen LogP contribution in [-0.2, 0) is 12.8 Å². The van der Waals surface area contributed by atoms with Gasteiger partial charge >= 0.3 is 0 Å². The van der Waals surface area contributed by atoms with Gasteiger partial charge < -0.3 is 5.32 Å². The number of hydrogen-bond donors (Lipinski definition) is 1. The van der Waals surface area contributed by atoms with Crippen molar-refractivity contribution in [3.05, 3.63) is 48.8 Å². The number of fused-ring (bicyclic) bond motifs is 1. The van der Waals surface area contributed by atoms with Gasteiger partial charge in [-0.05, 0) is 49.9 Å². The number of thiazole rings is 1. The monoisotopic (exact) mass is 384 g/mol. The Morgan fingerprint density at radius 2 is 2.19 bits per heavy atom. The smallest absolute Gasteiger partial charge is 0.115 e. The second-order valence-electron chi connectivity index (χ2n) is 5.29. The summed E-state index contributed by atoms with van der Waals surface area (Å²) in [7, 11) is 0. The molecule has 5 heteroatoms. The van der Waals surface area contributed by atoms with Gasteiger partial charge in [-0.3, -0.25) is 0 Å².